The lowest BCUT2D eigenvalue weighted by Crippen LogP contribution is -2.50. The number of nitrogens with zero attached hydrogens (tertiary/aromatic N) is 2. The SMILES string of the molecule is COc1ccc(S(=O)(=O)Nc2ccc3c(c2)C(=O)N([C@@H](C)CO)C[C@H](C)[C@@H](CN(C)CC2CC2)O3)cc1. The molecule has 0 radical (unpaired) electrons. The Morgan fingerprint density at radius 3 is 2.51 bits per heavy atom. The fraction of sp³-hybridized carbons (Fsp3) is 0.519. The van der Waals surface area contributed by atoms with Gasteiger partial charge in [0.1, 0.15) is 17.6 Å². The predicted molar refractivity (Wildman–Crippen MR) is 142 cm³/mol. The van der Waals surface area contributed by atoms with E-state index in [-0.39, 0.29) is 40.7 Å². The normalized spacial score (nSPS) is 21.0. The molecule has 4 rings (SSSR count). The Kier molecular flexibility index (Phi) is 8.30. The average molecular weight is 532 g/mol. The van der Waals surface area contributed by atoms with Crippen LogP contribution in [0.4, 0.5) is 5.69 Å². The molecular formula is C27H37N3O6S. The van der Waals surface area contributed by atoms with Crippen LogP contribution < -0.4 is 14.2 Å². The molecule has 2 aliphatic rings. The maximum atomic E-state index is 13.6. The first-order valence-electron chi connectivity index (χ1n) is 12.7. The molecule has 1 aliphatic carbocycles. The molecule has 1 saturated carbocycles. The molecule has 202 valence electrons. The van der Waals surface area contributed by atoms with Gasteiger partial charge in [0.05, 0.1) is 30.2 Å². The molecule has 1 amide bonds. The van der Waals surface area contributed by atoms with Gasteiger partial charge < -0.3 is 24.4 Å². The molecule has 0 bridgehead atoms. The van der Waals surface area contributed by atoms with Crippen LogP contribution in [0.15, 0.2) is 47.4 Å². The van der Waals surface area contributed by atoms with Gasteiger partial charge in [-0.3, -0.25) is 9.52 Å². The van der Waals surface area contributed by atoms with Crippen molar-refractivity contribution in [2.45, 2.75) is 43.7 Å². The van der Waals surface area contributed by atoms with Gasteiger partial charge in [0.2, 0.25) is 0 Å². The number of rotatable bonds is 10. The maximum Gasteiger partial charge on any atom is 0.261 e. The van der Waals surface area contributed by atoms with Gasteiger partial charge in [0.15, 0.2) is 0 Å². The van der Waals surface area contributed by atoms with Gasteiger partial charge in [-0.05, 0) is 75.2 Å². The van der Waals surface area contributed by atoms with E-state index in [1.807, 2.05) is 0 Å². The molecule has 2 aromatic carbocycles. The third-order valence-corrected chi connectivity index (χ3v) is 8.44. The number of anilines is 1. The van der Waals surface area contributed by atoms with Gasteiger partial charge in [-0.15, -0.1) is 0 Å². The largest absolute Gasteiger partial charge is 0.497 e. The number of likely N-dealkylation sites (N-methyl/N-ethyl adjacent to an activating group) is 1. The highest BCUT2D eigenvalue weighted by atomic mass is 32.2. The van der Waals surface area contributed by atoms with E-state index >= 15 is 0 Å². The van der Waals surface area contributed by atoms with Crippen molar-refractivity contribution in [3.63, 3.8) is 0 Å². The zero-order valence-corrected chi connectivity index (χ0v) is 22.7. The lowest BCUT2D eigenvalue weighted by Gasteiger charge is -2.38. The number of aliphatic hydroxyl groups excluding tert-OH is 1. The number of sulfonamides is 1. The van der Waals surface area contributed by atoms with E-state index < -0.39 is 16.1 Å². The topological polar surface area (TPSA) is 108 Å². The van der Waals surface area contributed by atoms with Crippen molar-refractivity contribution in [3.05, 3.63) is 48.0 Å². The van der Waals surface area contributed by atoms with E-state index in [1.165, 1.54) is 38.2 Å². The van der Waals surface area contributed by atoms with Crippen molar-refractivity contribution >= 4 is 21.6 Å². The fourth-order valence-electron chi connectivity index (χ4n) is 4.60. The smallest absolute Gasteiger partial charge is 0.261 e. The summed E-state index contributed by atoms with van der Waals surface area (Å²) in [5.74, 6) is 1.42. The van der Waals surface area contributed by atoms with Gasteiger partial charge in [-0.2, -0.15) is 0 Å². The van der Waals surface area contributed by atoms with Crippen LogP contribution in [0.25, 0.3) is 0 Å². The lowest BCUT2D eigenvalue weighted by molar-refractivity contribution is 0.0344. The van der Waals surface area contributed by atoms with Crippen LogP contribution in [0.1, 0.15) is 37.0 Å². The predicted octanol–water partition coefficient (Wildman–Crippen LogP) is 3.06. The van der Waals surface area contributed by atoms with E-state index in [0.717, 1.165) is 12.5 Å². The van der Waals surface area contributed by atoms with Crippen molar-refractivity contribution < 1.29 is 27.8 Å². The molecule has 37 heavy (non-hydrogen) atoms. The highest BCUT2D eigenvalue weighted by molar-refractivity contribution is 7.92. The molecule has 2 aromatic rings. The summed E-state index contributed by atoms with van der Waals surface area (Å²) in [6.07, 6.45) is 2.35. The fourth-order valence-corrected chi connectivity index (χ4v) is 5.65. The number of carbonyl (C=O) groups is 1. The third kappa shape index (κ3) is 6.55. The van der Waals surface area contributed by atoms with Gasteiger partial charge in [-0.1, -0.05) is 6.92 Å². The first-order chi connectivity index (χ1) is 17.6. The molecule has 0 spiro atoms. The van der Waals surface area contributed by atoms with E-state index in [4.69, 9.17) is 9.47 Å². The molecule has 2 N–H and O–H groups in total. The zero-order valence-electron chi connectivity index (χ0n) is 21.9. The summed E-state index contributed by atoms with van der Waals surface area (Å²) in [5.41, 5.74) is 0.510. The monoisotopic (exact) mass is 531 g/mol. The maximum absolute atomic E-state index is 13.6. The first kappa shape index (κ1) is 27.2. The van der Waals surface area contributed by atoms with E-state index in [1.54, 1.807) is 36.1 Å². The second kappa shape index (κ2) is 11.3. The Labute approximate surface area is 219 Å². The minimum absolute atomic E-state index is 0.0287. The molecular weight excluding hydrogens is 494 g/mol. The van der Waals surface area contributed by atoms with Crippen molar-refractivity contribution in [3.8, 4) is 11.5 Å². The summed E-state index contributed by atoms with van der Waals surface area (Å²) in [6.45, 7) is 5.83. The van der Waals surface area contributed by atoms with Crippen LogP contribution in [0.2, 0.25) is 0 Å². The summed E-state index contributed by atoms with van der Waals surface area (Å²) < 4.78 is 40.0. The molecule has 1 heterocycles. The molecule has 1 fully saturated rings. The lowest BCUT2D eigenvalue weighted by atomic mass is 9.99. The molecule has 0 saturated heterocycles. The van der Waals surface area contributed by atoms with E-state index in [9.17, 15) is 18.3 Å². The average Bonchev–Trinajstić information content (AvgIpc) is 3.69. The third-order valence-electron chi connectivity index (χ3n) is 7.05. The molecule has 0 unspecified atom stereocenters. The number of methoxy groups -OCH3 is 1. The number of amides is 1. The van der Waals surface area contributed by atoms with Crippen LogP contribution in [0.3, 0.4) is 0 Å². The molecule has 3 atom stereocenters. The summed E-state index contributed by atoms with van der Waals surface area (Å²) in [5, 5.41) is 9.86. The van der Waals surface area contributed by atoms with Crippen LogP contribution in [-0.4, -0.2) is 81.8 Å². The van der Waals surface area contributed by atoms with Gasteiger partial charge in [0.25, 0.3) is 15.9 Å². The molecule has 0 aromatic heterocycles. The zero-order chi connectivity index (χ0) is 26.7. The molecule has 10 heteroatoms. The minimum atomic E-state index is -3.89. The summed E-state index contributed by atoms with van der Waals surface area (Å²) in [7, 11) is -0.294. The highest BCUT2D eigenvalue weighted by Crippen LogP contribution is 2.33. The first-order valence-corrected chi connectivity index (χ1v) is 14.2. The van der Waals surface area contributed by atoms with Crippen LogP contribution in [-0.2, 0) is 10.0 Å². The Balaban J connectivity index is 1.63. The number of nitrogens with one attached hydrogen (secondary N) is 1. The summed E-state index contributed by atoms with van der Waals surface area (Å²) in [6, 6.07) is 10.4. The number of hydrogen-bond donors (Lipinski definition) is 2. The van der Waals surface area contributed by atoms with Crippen molar-refractivity contribution in [2.75, 3.05) is 45.1 Å². The van der Waals surface area contributed by atoms with E-state index in [2.05, 4.69) is 23.6 Å². The Morgan fingerprint density at radius 2 is 1.89 bits per heavy atom. The number of ether oxygens (including phenoxy) is 2. The van der Waals surface area contributed by atoms with Crippen molar-refractivity contribution in [1.82, 2.24) is 9.80 Å². The second-order valence-corrected chi connectivity index (χ2v) is 12.0. The summed E-state index contributed by atoms with van der Waals surface area (Å²) in [4.78, 5) is 17.6. The van der Waals surface area contributed by atoms with Crippen molar-refractivity contribution in [2.24, 2.45) is 11.8 Å². The van der Waals surface area contributed by atoms with E-state index in [0.29, 0.717) is 24.6 Å². The standard InChI is InChI=1S/C27H37N3O6S/c1-18-14-30(19(2)17-31)27(32)24-13-21(28-37(33,34)23-10-8-22(35-4)9-11-23)7-12-25(24)36-26(18)16-29(3)15-20-5-6-20/h7-13,18-20,26,28,31H,5-6,14-17H2,1-4H3/t18-,19-,26+/m0/s1. The second-order valence-electron chi connectivity index (χ2n) is 10.3. The number of carbonyl (C=O) groups excluding carboxylic acids is 1. The number of fused-ring (bicyclic) bond motifs is 1. The highest BCUT2D eigenvalue weighted by Gasteiger charge is 2.34. The Hall–Kier alpha value is -2.82. The number of benzene rings is 2. The number of aliphatic hydroxyl groups is 1. The minimum Gasteiger partial charge on any atom is -0.497 e. The van der Waals surface area contributed by atoms with Gasteiger partial charge in [-0.25, -0.2) is 8.42 Å². The molecule has 1 aliphatic heterocycles. The number of hydrogen-bond acceptors (Lipinski definition) is 7. The summed E-state index contributed by atoms with van der Waals surface area (Å²) >= 11 is 0. The quantitative estimate of drug-likeness (QED) is 0.485. The molecule has 9 nitrogen and oxygen atoms in total. The van der Waals surface area contributed by atoms with Crippen LogP contribution in [0, 0.1) is 11.8 Å². The Bertz CT molecular complexity index is 1200. The van der Waals surface area contributed by atoms with Crippen LogP contribution in [0.5, 0.6) is 11.5 Å². The van der Waals surface area contributed by atoms with Crippen LogP contribution >= 0.6 is 0 Å². The van der Waals surface area contributed by atoms with Gasteiger partial charge in [0, 0.05) is 31.2 Å². The Morgan fingerprint density at radius 1 is 1.19 bits per heavy atom. The van der Waals surface area contributed by atoms with Crippen molar-refractivity contribution in [1.29, 1.82) is 0 Å². The van der Waals surface area contributed by atoms with Gasteiger partial charge >= 0.3 is 0 Å².